The third-order valence-corrected chi connectivity index (χ3v) is 4.63. The Balaban J connectivity index is 1.96. The van der Waals surface area contributed by atoms with Gasteiger partial charge in [-0.1, -0.05) is 19.9 Å². The summed E-state index contributed by atoms with van der Waals surface area (Å²) in [7, 11) is 0. The van der Waals surface area contributed by atoms with Gasteiger partial charge in [-0.25, -0.2) is 0 Å². The minimum absolute atomic E-state index is 0.0207. The summed E-state index contributed by atoms with van der Waals surface area (Å²) in [5.74, 6) is 1.67. The molecule has 0 spiro atoms. The number of nitrogens with one attached hydrogen (secondary N) is 2. The number of hydrogen-bond donors (Lipinski definition) is 2. The highest BCUT2D eigenvalue weighted by molar-refractivity contribution is 5.90. The van der Waals surface area contributed by atoms with Crippen LogP contribution in [0.25, 0.3) is 0 Å². The van der Waals surface area contributed by atoms with Gasteiger partial charge in [0.2, 0.25) is 5.91 Å². The third kappa shape index (κ3) is 4.48. The Morgan fingerprint density at radius 2 is 1.86 bits per heavy atom. The molecule has 0 bridgehead atoms. The molecule has 1 aromatic rings. The molecule has 1 saturated carbocycles. The van der Waals surface area contributed by atoms with Crippen LogP contribution in [-0.2, 0) is 4.79 Å². The van der Waals surface area contributed by atoms with Gasteiger partial charge >= 0.3 is 0 Å². The second-order valence-corrected chi connectivity index (χ2v) is 6.71. The lowest BCUT2D eigenvalue weighted by Crippen LogP contribution is -2.27. The molecule has 2 rings (SSSR count). The van der Waals surface area contributed by atoms with Crippen molar-refractivity contribution in [3.05, 3.63) is 23.8 Å². The summed E-state index contributed by atoms with van der Waals surface area (Å²) in [4.78, 5) is 11.2. The van der Waals surface area contributed by atoms with Crippen molar-refractivity contribution in [3.63, 3.8) is 0 Å². The normalized spacial score (nSPS) is 22.1. The molecule has 0 atom stereocenters. The molecule has 0 unspecified atom stereocenters. The number of hydrogen-bond acceptors (Lipinski definition) is 2. The van der Waals surface area contributed by atoms with Gasteiger partial charge in [0.15, 0.2) is 0 Å². The molecular formula is C18H28N2O. The third-order valence-electron chi connectivity index (χ3n) is 4.63. The van der Waals surface area contributed by atoms with E-state index >= 15 is 0 Å². The Kier molecular flexibility index (Phi) is 5.27. The van der Waals surface area contributed by atoms with Crippen LogP contribution in [0.2, 0.25) is 0 Å². The standard InChI is InChI=1S/C18H28N2O/c1-12(2)15-6-9-16(10-7-15)20-17-8-5-13(3)18(11-17)19-14(4)21/h5,8,11-12,15-16,20H,6-7,9-10H2,1-4H3,(H,19,21). The average molecular weight is 288 g/mol. The zero-order chi connectivity index (χ0) is 15.4. The Morgan fingerprint density at radius 3 is 2.43 bits per heavy atom. The fourth-order valence-electron chi connectivity index (χ4n) is 3.20. The lowest BCUT2D eigenvalue weighted by Gasteiger charge is -2.32. The van der Waals surface area contributed by atoms with Crippen LogP contribution in [0, 0.1) is 18.8 Å². The highest BCUT2D eigenvalue weighted by Crippen LogP contribution is 2.32. The van der Waals surface area contributed by atoms with Crippen molar-refractivity contribution in [2.45, 2.75) is 59.4 Å². The van der Waals surface area contributed by atoms with E-state index in [9.17, 15) is 4.79 Å². The molecule has 0 aliphatic heterocycles. The molecule has 1 fully saturated rings. The molecule has 0 aromatic heterocycles. The van der Waals surface area contributed by atoms with Gasteiger partial charge < -0.3 is 10.6 Å². The molecular weight excluding hydrogens is 260 g/mol. The first-order valence-electron chi connectivity index (χ1n) is 8.10. The van der Waals surface area contributed by atoms with Gasteiger partial charge in [0.25, 0.3) is 0 Å². The van der Waals surface area contributed by atoms with Gasteiger partial charge in [0, 0.05) is 24.3 Å². The van der Waals surface area contributed by atoms with Crippen molar-refractivity contribution in [3.8, 4) is 0 Å². The van der Waals surface area contributed by atoms with Crippen LogP contribution in [-0.4, -0.2) is 11.9 Å². The fourth-order valence-corrected chi connectivity index (χ4v) is 3.20. The maximum absolute atomic E-state index is 11.2. The van der Waals surface area contributed by atoms with E-state index < -0.39 is 0 Å². The summed E-state index contributed by atoms with van der Waals surface area (Å²) in [5, 5.41) is 6.52. The second-order valence-electron chi connectivity index (χ2n) is 6.71. The first-order chi connectivity index (χ1) is 9.95. The molecule has 1 amide bonds. The molecule has 116 valence electrons. The Labute approximate surface area is 128 Å². The SMILES string of the molecule is CC(=O)Nc1cc(NC2CCC(C(C)C)CC2)ccc1C. The van der Waals surface area contributed by atoms with E-state index in [4.69, 9.17) is 0 Å². The summed E-state index contributed by atoms with van der Waals surface area (Å²) < 4.78 is 0. The van der Waals surface area contributed by atoms with E-state index in [0.29, 0.717) is 6.04 Å². The predicted molar refractivity (Wildman–Crippen MR) is 89.7 cm³/mol. The van der Waals surface area contributed by atoms with Gasteiger partial charge in [0.1, 0.15) is 0 Å². The summed E-state index contributed by atoms with van der Waals surface area (Å²) >= 11 is 0. The van der Waals surface area contributed by atoms with Gasteiger partial charge in [0.05, 0.1) is 0 Å². The van der Waals surface area contributed by atoms with Crippen LogP contribution in [0.4, 0.5) is 11.4 Å². The zero-order valence-corrected chi connectivity index (χ0v) is 13.7. The van der Waals surface area contributed by atoms with Crippen molar-refractivity contribution < 1.29 is 4.79 Å². The number of anilines is 2. The fraction of sp³-hybridized carbons (Fsp3) is 0.611. The molecule has 1 aromatic carbocycles. The van der Waals surface area contributed by atoms with Gasteiger partial charge in [-0.2, -0.15) is 0 Å². The summed E-state index contributed by atoms with van der Waals surface area (Å²) in [6.45, 7) is 8.23. The largest absolute Gasteiger partial charge is 0.382 e. The minimum Gasteiger partial charge on any atom is -0.382 e. The first-order valence-corrected chi connectivity index (χ1v) is 8.10. The van der Waals surface area contributed by atoms with E-state index in [2.05, 4.69) is 36.6 Å². The Bertz CT molecular complexity index is 488. The topological polar surface area (TPSA) is 41.1 Å². The number of carbonyl (C=O) groups is 1. The number of amides is 1. The van der Waals surface area contributed by atoms with E-state index in [1.165, 1.54) is 25.7 Å². The second kappa shape index (κ2) is 6.97. The van der Waals surface area contributed by atoms with E-state index in [1.54, 1.807) is 6.92 Å². The van der Waals surface area contributed by atoms with Gasteiger partial charge in [-0.15, -0.1) is 0 Å². The van der Waals surface area contributed by atoms with Crippen LogP contribution in [0.1, 0.15) is 52.0 Å². The molecule has 21 heavy (non-hydrogen) atoms. The van der Waals surface area contributed by atoms with E-state index in [1.807, 2.05) is 13.0 Å². The molecule has 1 aliphatic rings. The van der Waals surface area contributed by atoms with Crippen molar-refractivity contribution >= 4 is 17.3 Å². The Hall–Kier alpha value is -1.51. The highest BCUT2D eigenvalue weighted by atomic mass is 16.1. The van der Waals surface area contributed by atoms with Crippen LogP contribution < -0.4 is 10.6 Å². The maximum atomic E-state index is 11.2. The predicted octanol–water partition coefficient (Wildman–Crippen LogP) is 4.58. The summed E-state index contributed by atoms with van der Waals surface area (Å²) in [6, 6.07) is 6.78. The average Bonchev–Trinajstić information content (AvgIpc) is 2.42. The number of carbonyl (C=O) groups excluding carboxylic acids is 1. The van der Waals surface area contributed by atoms with Crippen LogP contribution in [0.3, 0.4) is 0 Å². The van der Waals surface area contributed by atoms with Gasteiger partial charge in [-0.05, 0) is 62.1 Å². The molecule has 2 N–H and O–H groups in total. The van der Waals surface area contributed by atoms with Crippen molar-refractivity contribution in [1.29, 1.82) is 0 Å². The van der Waals surface area contributed by atoms with E-state index in [-0.39, 0.29) is 5.91 Å². The van der Waals surface area contributed by atoms with Crippen molar-refractivity contribution in [2.24, 2.45) is 11.8 Å². The molecule has 1 aliphatic carbocycles. The van der Waals surface area contributed by atoms with Crippen molar-refractivity contribution in [2.75, 3.05) is 10.6 Å². The van der Waals surface area contributed by atoms with E-state index in [0.717, 1.165) is 28.8 Å². The molecule has 0 saturated heterocycles. The molecule has 0 radical (unpaired) electrons. The number of benzene rings is 1. The van der Waals surface area contributed by atoms with Crippen molar-refractivity contribution in [1.82, 2.24) is 0 Å². The Morgan fingerprint density at radius 1 is 1.19 bits per heavy atom. The monoisotopic (exact) mass is 288 g/mol. The molecule has 3 nitrogen and oxygen atoms in total. The molecule has 0 heterocycles. The maximum Gasteiger partial charge on any atom is 0.221 e. The highest BCUT2D eigenvalue weighted by Gasteiger charge is 2.23. The number of rotatable bonds is 4. The quantitative estimate of drug-likeness (QED) is 0.851. The lowest BCUT2D eigenvalue weighted by molar-refractivity contribution is -0.114. The minimum atomic E-state index is -0.0207. The van der Waals surface area contributed by atoms with Crippen LogP contribution in [0.5, 0.6) is 0 Å². The first kappa shape index (κ1) is 15.9. The summed E-state index contributed by atoms with van der Waals surface area (Å²) in [6.07, 6.45) is 5.12. The van der Waals surface area contributed by atoms with Crippen LogP contribution >= 0.6 is 0 Å². The smallest absolute Gasteiger partial charge is 0.221 e. The lowest BCUT2D eigenvalue weighted by atomic mass is 9.79. The zero-order valence-electron chi connectivity index (χ0n) is 13.7. The van der Waals surface area contributed by atoms with Crippen LogP contribution in [0.15, 0.2) is 18.2 Å². The summed E-state index contributed by atoms with van der Waals surface area (Å²) in [5.41, 5.74) is 3.11. The number of aryl methyl sites for hydroxylation is 1. The molecule has 3 heteroatoms. The van der Waals surface area contributed by atoms with Gasteiger partial charge in [-0.3, -0.25) is 4.79 Å².